The maximum atomic E-state index is 12.7. The van der Waals surface area contributed by atoms with Gasteiger partial charge >= 0.3 is 0 Å². The average Bonchev–Trinajstić information content (AvgIpc) is 3.45. The van der Waals surface area contributed by atoms with E-state index in [1.165, 1.54) is 0 Å². The standard InChI is InChI=1S/C19H26ClN3O2/c1-2-9-21-16-8-7-15(20)11-17(16)22-18(24)14-4-3-10-23(12-14)19(25)13-5-6-13/h7-8,11,13-14,21H,2-6,9-10,12H2,1H3,(H,22,24)/t14-/m0/s1. The lowest BCUT2D eigenvalue weighted by Crippen LogP contribution is -2.44. The predicted octanol–water partition coefficient (Wildman–Crippen LogP) is 3.75. The van der Waals surface area contributed by atoms with Crippen molar-refractivity contribution < 1.29 is 9.59 Å². The Balaban J connectivity index is 1.65. The quantitative estimate of drug-likeness (QED) is 0.809. The Morgan fingerprint density at radius 2 is 2.00 bits per heavy atom. The minimum Gasteiger partial charge on any atom is -0.383 e. The second-order valence-electron chi connectivity index (χ2n) is 7.00. The Bertz CT molecular complexity index is 646. The van der Waals surface area contributed by atoms with E-state index in [0.717, 1.165) is 50.9 Å². The van der Waals surface area contributed by atoms with Gasteiger partial charge in [0.25, 0.3) is 0 Å². The van der Waals surface area contributed by atoms with Gasteiger partial charge in [-0.15, -0.1) is 0 Å². The molecule has 0 bridgehead atoms. The van der Waals surface area contributed by atoms with Crippen molar-refractivity contribution in [2.75, 3.05) is 30.3 Å². The smallest absolute Gasteiger partial charge is 0.229 e. The lowest BCUT2D eigenvalue weighted by Gasteiger charge is -2.32. The van der Waals surface area contributed by atoms with Crippen molar-refractivity contribution in [2.45, 2.75) is 39.0 Å². The van der Waals surface area contributed by atoms with Crippen LogP contribution in [0.25, 0.3) is 0 Å². The molecule has 1 aromatic carbocycles. The number of benzene rings is 1. The molecule has 5 nitrogen and oxygen atoms in total. The van der Waals surface area contributed by atoms with Crippen LogP contribution < -0.4 is 10.6 Å². The Kier molecular flexibility index (Phi) is 5.84. The summed E-state index contributed by atoms with van der Waals surface area (Å²) < 4.78 is 0. The first-order valence-electron chi connectivity index (χ1n) is 9.21. The molecule has 0 spiro atoms. The number of nitrogens with one attached hydrogen (secondary N) is 2. The molecule has 2 amide bonds. The molecule has 2 aliphatic rings. The predicted molar refractivity (Wildman–Crippen MR) is 101 cm³/mol. The summed E-state index contributed by atoms with van der Waals surface area (Å²) in [5.41, 5.74) is 1.58. The monoisotopic (exact) mass is 363 g/mol. The number of nitrogens with zero attached hydrogens (tertiary/aromatic N) is 1. The van der Waals surface area contributed by atoms with E-state index in [2.05, 4.69) is 17.6 Å². The molecule has 2 fully saturated rings. The Morgan fingerprint density at radius 3 is 2.72 bits per heavy atom. The Hall–Kier alpha value is -1.75. The van der Waals surface area contributed by atoms with Crippen molar-refractivity contribution in [2.24, 2.45) is 11.8 Å². The summed E-state index contributed by atoms with van der Waals surface area (Å²) in [5.74, 6) is 0.245. The highest BCUT2D eigenvalue weighted by Gasteiger charge is 2.36. The molecular weight excluding hydrogens is 338 g/mol. The van der Waals surface area contributed by atoms with Gasteiger partial charge < -0.3 is 15.5 Å². The minimum atomic E-state index is -0.158. The van der Waals surface area contributed by atoms with Gasteiger partial charge in [-0.25, -0.2) is 0 Å². The zero-order valence-electron chi connectivity index (χ0n) is 14.7. The molecule has 1 heterocycles. The molecule has 2 N–H and O–H groups in total. The van der Waals surface area contributed by atoms with Crippen molar-refractivity contribution in [3.05, 3.63) is 23.2 Å². The fourth-order valence-corrected chi connectivity index (χ4v) is 3.42. The molecule has 3 rings (SSSR count). The lowest BCUT2D eigenvalue weighted by molar-refractivity contribution is -0.135. The van der Waals surface area contributed by atoms with Crippen LogP contribution in [-0.2, 0) is 9.59 Å². The highest BCUT2D eigenvalue weighted by molar-refractivity contribution is 6.31. The third-order valence-corrected chi connectivity index (χ3v) is 5.07. The number of amides is 2. The highest BCUT2D eigenvalue weighted by atomic mass is 35.5. The fraction of sp³-hybridized carbons (Fsp3) is 0.579. The van der Waals surface area contributed by atoms with Crippen molar-refractivity contribution in [1.29, 1.82) is 0 Å². The summed E-state index contributed by atoms with van der Waals surface area (Å²) in [6.45, 7) is 4.23. The van der Waals surface area contributed by atoms with Crippen LogP contribution in [0.2, 0.25) is 5.02 Å². The Morgan fingerprint density at radius 1 is 1.20 bits per heavy atom. The van der Waals surface area contributed by atoms with Crippen LogP contribution in [0.1, 0.15) is 39.0 Å². The number of hydrogen-bond donors (Lipinski definition) is 2. The topological polar surface area (TPSA) is 61.4 Å². The molecule has 25 heavy (non-hydrogen) atoms. The van der Waals surface area contributed by atoms with Gasteiger partial charge in [-0.2, -0.15) is 0 Å². The Labute approximate surface area is 154 Å². The maximum Gasteiger partial charge on any atom is 0.229 e. The van der Waals surface area contributed by atoms with E-state index in [1.54, 1.807) is 6.07 Å². The average molecular weight is 364 g/mol. The first-order valence-corrected chi connectivity index (χ1v) is 9.59. The highest BCUT2D eigenvalue weighted by Crippen LogP contribution is 2.33. The SMILES string of the molecule is CCCNc1ccc(Cl)cc1NC(=O)[C@H]1CCCN(C(=O)C2CC2)C1. The summed E-state index contributed by atoms with van der Waals surface area (Å²) in [4.78, 5) is 26.9. The third-order valence-electron chi connectivity index (χ3n) is 4.84. The van der Waals surface area contributed by atoms with Gasteiger partial charge in [-0.3, -0.25) is 9.59 Å². The van der Waals surface area contributed by atoms with Crippen molar-refractivity contribution in [1.82, 2.24) is 4.90 Å². The van der Waals surface area contributed by atoms with E-state index in [4.69, 9.17) is 11.6 Å². The van der Waals surface area contributed by atoms with Crippen LogP contribution >= 0.6 is 11.6 Å². The molecule has 1 aromatic rings. The molecule has 0 unspecified atom stereocenters. The molecule has 1 aliphatic heterocycles. The summed E-state index contributed by atoms with van der Waals surface area (Å²) in [5, 5.41) is 6.91. The molecule has 136 valence electrons. The van der Waals surface area contributed by atoms with E-state index < -0.39 is 0 Å². The summed E-state index contributed by atoms with van der Waals surface area (Å²) in [6.07, 6.45) is 4.70. The molecular formula is C19H26ClN3O2. The van der Waals surface area contributed by atoms with Gasteiger partial charge in [0.15, 0.2) is 0 Å². The zero-order chi connectivity index (χ0) is 17.8. The number of likely N-dealkylation sites (tertiary alicyclic amines) is 1. The number of halogens is 1. The number of anilines is 2. The van der Waals surface area contributed by atoms with Gasteiger partial charge in [0.2, 0.25) is 11.8 Å². The summed E-state index contributed by atoms with van der Waals surface area (Å²) >= 11 is 6.09. The van der Waals surface area contributed by atoms with Crippen LogP contribution in [0, 0.1) is 11.8 Å². The van der Waals surface area contributed by atoms with E-state index in [0.29, 0.717) is 17.3 Å². The largest absolute Gasteiger partial charge is 0.383 e. The van der Waals surface area contributed by atoms with Crippen LogP contribution in [-0.4, -0.2) is 36.3 Å². The van der Waals surface area contributed by atoms with Crippen LogP contribution in [0.5, 0.6) is 0 Å². The summed E-state index contributed by atoms with van der Waals surface area (Å²) in [7, 11) is 0. The molecule has 0 radical (unpaired) electrons. The summed E-state index contributed by atoms with van der Waals surface area (Å²) in [6, 6.07) is 5.47. The van der Waals surface area contributed by atoms with Crippen molar-refractivity contribution in [3.8, 4) is 0 Å². The lowest BCUT2D eigenvalue weighted by atomic mass is 9.96. The first-order chi connectivity index (χ1) is 12.1. The first kappa shape index (κ1) is 18.1. The van der Waals surface area contributed by atoms with Gasteiger partial charge in [-0.1, -0.05) is 18.5 Å². The van der Waals surface area contributed by atoms with Crippen molar-refractivity contribution >= 4 is 34.8 Å². The maximum absolute atomic E-state index is 12.7. The van der Waals surface area contributed by atoms with E-state index in [9.17, 15) is 9.59 Å². The second-order valence-corrected chi connectivity index (χ2v) is 7.44. The van der Waals surface area contributed by atoms with Gasteiger partial charge in [-0.05, 0) is 50.3 Å². The minimum absolute atomic E-state index is 0.0323. The molecule has 1 atom stereocenters. The van der Waals surface area contributed by atoms with Crippen LogP contribution in [0.4, 0.5) is 11.4 Å². The van der Waals surface area contributed by atoms with E-state index in [1.807, 2.05) is 17.0 Å². The number of carbonyl (C=O) groups is 2. The molecule has 0 aromatic heterocycles. The normalized spacial score (nSPS) is 20.2. The molecule has 6 heteroatoms. The van der Waals surface area contributed by atoms with Crippen LogP contribution in [0.3, 0.4) is 0 Å². The third kappa shape index (κ3) is 4.66. The van der Waals surface area contributed by atoms with E-state index in [-0.39, 0.29) is 23.7 Å². The van der Waals surface area contributed by atoms with Gasteiger partial charge in [0.05, 0.1) is 17.3 Å². The van der Waals surface area contributed by atoms with Crippen LogP contribution in [0.15, 0.2) is 18.2 Å². The van der Waals surface area contributed by atoms with E-state index >= 15 is 0 Å². The van der Waals surface area contributed by atoms with Crippen molar-refractivity contribution in [3.63, 3.8) is 0 Å². The number of rotatable bonds is 6. The molecule has 1 saturated heterocycles. The number of piperidine rings is 1. The number of hydrogen-bond acceptors (Lipinski definition) is 3. The molecule has 1 aliphatic carbocycles. The van der Waals surface area contributed by atoms with Gasteiger partial charge in [0.1, 0.15) is 0 Å². The van der Waals surface area contributed by atoms with Gasteiger partial charge in [0, 0.05) is 30.6 Å². The fourth-order valence-electron chi connectivity index (χ4n) is 3.25. The zero-order valence-corrected chi connectivity index (χ0v) is 15.4. The number of carbonyl (C=O) groups excluding carboxylic acids is 2. The molecule has 1 saturated carbocycles. The second kappa shape index (κ2) is 8.09.